The molecule has 180 valence electrons. The van der Waals surface area contributed by atoms with E-state index in [4.69, 9.17) is 14.2 Å². The maximum Gasteiger partial charge on any atom is 0.408 e. The van der Waals surface area contributed by atoms with E-state index in [1.807, 2.05) is 24.3 Å². The SMILES string of the molecule is COC(=O)C1(NC(=O)C(CC(=O)OCc2ccccc2)NC(=O)OCc2ccccc2)CCC1. The van der Waals surface area contributed by atoms with Gasteiger partial charge in [-0.1, -0.05) is 60.7 Å². The molecule has 1 unspecified atom stereocenters. The molecular formula is C25H28N2O7. The topological polar surface area (TPSA) is 120 Å². The van der Waals surface area contributed by atoms with Crippen LogP contribution in [0.4, 0.5) is 4.79 Å². The van der Waals surface area contributed by atoms with Crippen LogP contribution in [0.5, 0.6) is 0 Å². The average molecular weight is 469 g/mol. The molecule has 1 aliphatic rings. The van der Waals surface area contributed by atoms with Gasteiger partial charge in [-0.25, -0.2) is 9.59 Å². The minimum Gasteiger partial charge on any atom is -0.467 e. The Morgan fingerprint density at radius 2 is 1.44 bits per heavy atom. The number of amides is 2. The summed E-state index contributed by atoms with van der Waals surface area (Å²) in [5, 5.41) is 5.07. The summed E-state index contributed by atoms with van der Waals surface area (Å²) < 4.78 is 15.3. The van der Waals surface area contributed by atoms with Crippen molar-refractivity contribution in [1.29, 1.82) is 0 Å². The van der Waals surface area contributed by atoms with E-state index in [1.54, 1.807) is 36.4 Å². The van der Waals surface area contributed by atoms with Crippen molar-refractivity contribution >= 4 is 23.9 Å². The summed E-state index contributed by atoms with van der Waals surface area (Å²) in [6.45, 7) is 0.0180. The largest absolute Gasteiger partial charge is 0.467 e. The van der Waals surface area contributed by atoms with Crippen molar-refractivity contribution < 1.29 is 33.4 Å². The lowest BCUT2D eigenvalue weighted by molar-refractivity contribution is -0.155. The Bertz CT molecular complexity index is 933. The van der Waals surface area contributed by atoms with Crippen LogP contribution < -0.4 is 10.6 Å². The van der Waals surface area contributed by atoms with Gasteiger partial charge in [0.15, 0.2) is 0 Å². The Labute approximate surface area is 197 Å². The number of methoxy groups -OCH3 is 1. The van der Waals surface area contributed by atoms with Gasteiger partial charge in [0, 0.05) is 0 Å². The van der Waals surface area contributed by atoms with Crippen LogP contribution in [0.15, 0.2) is 60.7 Å². The zero-order valence-corrected chi connectivity index (χ0v) is 19.0. The highest BCUT2D eigenvalue weighted by molar-refractivity contribution is 5.94. The van der Waals surface area contributed by atoms with Crippen LogP contribution in [0.2, 0.25) is 0 Å². The number of carbonyl (C=O) groups excluding carboxylic acids is 4. The summed E-state index contributed by atoms with van der Waals surface area (Å²) in [5.74, 6) is -1.95. The molecule has 1 aliphatic carbocycles. The third-order valence-corrected chi connectivity index (χ3v) is 5.58. The van der Waals surface area contributed by atoms with E-state index in [0.717, 1.165) is 17.5 Å². The van der Waals surface area contributed by atoms with Crippen molar-refractivity contribution in [3.8, 4) is 0 Å². The molecule has 1 atom stereocenters. The van der Waals surface area contributed by atoms with Gasteiger partial charge in [-0.05, 0) is 30.4 Å². The Hall–Kier alpha value is -3.88. The first-order valence-corrected chi connectivity index (χ1v) is 11.0. The molecule has 0 aliphatic heterocycles. The number of ether oxygens (including phenoxy) is 3. The van der Waals surface area contributed by atoms with Crippen LogP contribution in [0.3, 0.4) is 0 Å². The number of hydrogen-bond acceptors (Lipinski definition) is 7. The summed E-state index contributed by atoms with van der Waals surface area (Å²) in [4.78, 5) is 50.0. The molecule has 0 spiro atoms. The van der Waals surface area contributed by atoms with Gasteiger partial charge < -0.3 is 24.8 Å². The maximum atomic E-state index is 13.0. The predicted octanol–water partition coefficient (Wildman–Crippen LogP) is 2.63. The van der Waals surface area contributed by atoms with E-state index in [9.17, 15) is 19.2 Å². The number of nitrogens with one attached hydrogen (secondary N) is 2. The number of alkyl carbamates (subject to hydrolysis) is 1. The molecule has 2 aromatic rings. The maximum absolute atomic E-state index is 13.0. The van der Waals surface area contributed by atoms with Crippen molar-refractivity contribution in [3.05, 3.63) is 71.8 Å². The van der Waals surface area contributed by atoms with Crippen molar-refractivity contribution in [2.75, 3.05) is 7.11 Å². The van der Waals surface area contributed by atoms with E-state index in [0.29, 0.717) is 12.8 Å². The van der Waals surface area contributed by atoms with Crippen LogP contribution in [-0.4, -0.2) is 42.6 Å². The fourth-order valence-electron chi connectivity index (χ4n) is 3.51. The van der Waals surface area contributed by atoms with Gasteiger partial charge >= 0.3 is 18.0 Å². The van der Waals surface area contributed by atoms with Gasteiger partial charge in [0.05, 0.1) is 13.5 Å². The normalized spacial score (nSPS) is 14.6. The van der Waals surface area contributed by atoms with Gasteiger partial charge in [-0.2, -0.15) is 0 Å². The molecule has 1 saturated carbocycles. The second kappa shape index (κ2) is 11.8. The van der Waals surface area contributed by atoms with Gasteiger partial charge in [-0.15, -0.1) is 0 Å². The van der Waals surface area contributed by atoms with Gasteiger partial charge in [0.25, 0.3) is 0 Å². The third-order valence-electron chi connectivity index (χ3n) is 5.58. The lowest BCUT2D eigenvalue weighted by Crippen LogP contribution is -2.63. The lowest BCUT2D eigenvalue weighted by atomic mass is 9.76. The minimum absolute atomic E-state index is 0.00837. The van der Waals surface area contributed by atoms with Crippen molar-refractivity contribution in [2.24, 2.45) is 0 Å². The Kier molecular flexibility index (Phi) is 8.61. The molecule has 3 rings (SSSR count). The zero-order chi connectivity index (χ0) is 24.4. The fourth-order valence-corrected chi connectivity index (χ4v) is 3.51. The number of carbonyl (C=O) groups is 4. The molecule has 2 N–H and O–H groups in total. The standard InChI is InChI=1S/C25H28N2O7/c1-32-23(30)25(13-8-14-25)27-22(29)20(15-21(28)33-16-18-9-4-2-5-10-18)26-24(31)34-17-19-11-6-3-7-12-19/h2-7,9-12,20H,8,13-17H2,1H3,(H,26,31)(H,27,29). The number of benzene rings is 2. The summed E-state index contributed by atoms with van der Waals surface area (Å²) >= 11 is 0. The molecule has 9 nitrogen and oxygen atoms in total. The average Bonchev–Trinajstić information content (AvgIpc) is 2.84. The quantitative estimate of drug-likeness (QED) is 0.406. The second-order valence-corrected chi connectivity index (χ2v) is 8.03. The van der Waals surface area contributed by atoms with E-state index >= 15 is 0 Å². The van der Waals surface area contributed by atoms with Crippen molar-refractivity contribution in [2.45, 2.75) is 50.5 Å². The Morgan fingerprint density at radius 1 is 0.882 bits per heavy atom. The highest BCUT2D eigenvalue weighted by atomic mass is 16.6. The highest BCUT2D eigenvalue weighted by Crippen LogP contribution is 2.33. The first-order chi connectivity index (χ1) is 16.4. The number of esters is 2. The molecule has 0 heterocycles. The Morgan fingerprint density at radius 3 is 1.94 bits per heavy atom. The number of hydrogen-bond donors (Lipinski definition) is 2. The molecule has 0 bridgehead atoms. The first kappa shape index (κ1) is 24.8. The molecule has 0 aromatic heterocycles. The van der Waals surface area contributed by atoms with Crippen molar-refractivity contribution in [3.63, 3.8) is 0 Å². The molecule has 2 amide bonds. The second-order valence-electron chi connectivity index (χ2n) is 8.03. The summed E-state index contributed by atoms with van der Waals surface area (Å²) in [6.07, 6.45) is 0.257. The van der Waals surface area contributed by atoms with Crippen LogP contribution in [0.1, 0.15) is 36.8 Å². The van der Waals surface area contributed by atoms with E-state index in [-0.39, 0.29) is 13.2 Å². The predicted molar refractivity (Wildman–Crippen MR) is 121 cm³/mol. The minimum atomic E-state index is -1.30. The van der Waals surface area contributed by atoms with E-state index < -0.39 is 41.9 Å². The molecular weight excluding hydrogens is 440 g/mol. The molecule has 0 radical (unpaired) electrons. The van der Waals surface area contributed by atoms with Gasteiger partial charge in [0.2, 0.25) is 5.91 Å². The fraction of sp³-hybridized carbons (Fsp3) is 0.360. The van der Waals surface area contributed by atoms with Crippen LogP contribution >= 0.6 is 0 Å². The van der Waals surface area contributed by atoms with E-state index in [1.165, 1.54) is 7.11 Å². The van der Waals surface area contributed by atoms with E-state index in [2.05, 4.69) is 10.6 Å². The Balaban J connectivity index is 1.63. The summed E-state index contributed by atoms with van der Waals surface area (Å²) in [5.41, 5.74) is 0.388. The third kappa shape index (κ3) is 6.81. The van der Waals surface area contributed by atoms with Crippen LogP contribution in [0, 0.1) is 0 Å². The van der Waals surface area contributed by atoms with Crippen molar-refractivity contribution in [1.82, 2.24) is 10.6 Å². The zero-order valence-electron chi connectivity index (χ0n) is 19.0. The molecule has 9 heteroatoms. The number of rotatable bonds is 10. The highest BCUT2D eigenvalue weighted by Gasteiger charge is 2.47. The lowest BCUT2D eigenvalue weighted by Gasteiger charge is -2.40. The molecule has 0 saturated heterocycles. The van der Waals surface area contributed by atoms with Gasteiger partial charge in [-0.3, -0.25) is 9.59 Å². The van der Waals surface area contributed by atoms with Crippen LogP contribution in [0.25, 0.3) is 0 Å². The molecule has 34 heavy (non-hydrogen) atoms. The van der Waals surface area contributed by atoms with Gasteiger partial charge in [0.1, 0.15) is 24.8 Å². The first-order valence-electron chi connectivity index (χ1n) is 11.0. The monoisotopic (exact) mass is 468 g/mol. The smallest absolute Gasteiger partial charge is 0.408 e. The molecule has 2 aromatic carbocycles. The summed E-state index contributed by atoms with van der Waals surface area (Å²) in [7, 11) is 1.24. The molecule has 1 fully saturated rings. The van der Waals surface area contributed by atoms with Crippen LogP contribution in [-0.2, 0) is 41.8 Å². The summed E-state index contributed by atoms with van der Waals surface area (Å²) in [6, 6.07) is 16.8.